The zero-order valence-electron chi connectivity index (χ0n) is 16.7. The summed E-state index contributed by atoms with van der Waals surface area (Å²) >= 11 is 7.25. The summed E-state index contributed by atoms with van der Waals surface area (Å²) in [4.78, 5) is 31.7. The largest absolute Gasteiger partial charge is 0.332 e. The van der Waals surface area contributed by atoms with Gasteiger partial charge in [-0.2, -0.15) is 0 Å². The van der Waals surface area contributed by atoms with Crippen LogP contribution in [0.4, 0.5) is 5.69 Å². The summed E-state index contributed by atoms with van der Waals surface area (Å²) in [5, 5.41) is 4.27. The monoisotopic (exact) mass is 427 g/mol. The number of aryl methyl sites for hydroxylation is 2. The average Bonchev–Trinajstić information content (AvgIpc) is 3.07. The molecule has 0 unspecified atom stereocenters. The van der Waals surface area contributed by atoms with Crippen molar-refractivity contribution in [1.29, 1.82) is 0 Å². The number of anilines is 1. The van der Waals surface area contributed by atoms with Crippen LogP contribution >= 0.6 is 22.9 Å². The lowest BCUT2D eigenvalue weighted by molar-refractivity contribution is -0.116. The zero-order valence-corrected chi connectivity index (χ0v) is 18.3. The Morgan fingerprint density at radius 3 is 2.48 bits per heavy atom. The molecule has 0 atom stereocenters. The van der Waals surface area contributed by atoms with Crippen LogP contribution in [0.1, 0.15) is 26.5 Å². The van der Waals surface area contributed by atoms with Crippen molar-refractivity contribution < 1.29 is 9.59 Å². The van der Waals surface area contributed by atoms with Crippen molar-refractivity contribution in [2.75, 3.05) is 18.9 Å². The van der Waals surface area contributed by atoms with Gasteiger partial charge in [-0.05, 0) is 50.1 Å². The molecule has 7 heteroatoms. The Hall–Kier alpha value is -2.70. The SMILES string of the molecule is Cc1cccc(NC(=O)CN(C)C(=O)c2sc(-c3ccc(Cl)cc3)nc2C)c1C. The lowest BCUT2D eigenvalue weighted by Gasteiger charge is -2.17. The van der Waals surface area contributed by atoms with Crippen LogP contribution in [0.3, 0.4) is 0 Å². The standard InChI is InChI=1S/C22H22ClN3O2S/c1-13-6-5-7-18(14(13)2)25-19(27)12-26(4)22(28)20-15(3)24-21(29-20)16-8-10-17(23)11-9-16/h5-11H,12H2,1-4H3,(H,25,27). The van der Waals surface area contributed by atoms with Gasteiger partial charge in [0, 0.05) is 23.3 Å². The van der Waals surface area contributed by atoms with Crippen molar-refractivity contribution in [3.63, 3.8) is 0 Å². The zero-order chi connectivity index (χ0) is 21.1. The summed E-state index contributed by atoms with van der Waals surface area (Å²) in [7, 11) is 1.62. The van der Waals surface area contributed by atoms with E-state index in [-0.39, 0.29) is 18.4 Å². The Kier molecular flexibility index (Phi) is 6.35. The Morgan fingerprint density at radius 2 is 1.79 bits per heavy atom. The number of aromatic nitrogens is 1. The van der Waals surface area contributed by atoms with Gasteiger partial charge >= 0.3 is 0 Å². The molecule has 2 aromatic carbocycles. The third kappa shape index (κ3) is 4.83. The van der Waals surface area contributed by atoms with Crippen LogP contribution in [-0.2, 0) is 4.79 Å². The molecule has 150 valence electrons. The van der Waals surface area contributed by atoms with Gasteiger partial charge in [-0.1, -0.05) is 35.9 Å². The number of amides is 2. The first-order valence-electron chi connectivity index (χ1n) is 9.11. The van der Waals surface area contributed by atoms with Gasteiger partial charge in [-0.25, -0.2) is 4.98 Å². The molecule has 0 radical (unpaired) electrons. The van der Waals surface area contributed by atoms with Gasteiger partial charge in [0.2, 0.25) is 5.91 Å². The van der Waals surface area contributed by atoms with Crippen molar-refractivity contribution >= 4 is 40.4 Å². The molecule has 3 aromatic rings. The van der Waals surface area contributed by atoms with Crippen LogP contribution in [-0.4, -0.2) is 35.3 Å². The molecule has 5 nitrogen and oxygen atoms in total. The third-order valence-electron chi connectivity index (χ3n) is 4.69. The summed E-state index contributed by atoms with van der Waals surface area (Å²) in [6, 6.07) is 13.1. The van der Waals surface area contributed by atoms with E-state index in [2.05, 4.69) is 10.3 Å². The van der Waals surface area contributed by atoms with Gasteiger partial charge in [-0.15, -0.1) is 11.3 Å². The molecule has 0 aliphatic rings. The molecule has 2 amide bonds. The van der Waals surface area contributed by atoms with E-state index >= 15 is 0 Å². The molecule has 1 aromatic heterocycles. The lowest BCUT2D eigenvalue weighted by atomic mass is 10.1. The number of thiazole rings is 1. The number of nitrogens with one attached hydrogen (secondary N) is 1. The number of rotatable bonds is 5. The highest BCUT2D eigenvalue weighted by Gasteiger charge is 2.21. The molecule has 0 saturated heterocycles. The summed E-state index contributed by atoms with van der Waals surface area (Å²) in [6.45, 7) is 5.71. The van der Waals surface area contributed by atoms with Gasteiger partial charge in [-0.3, -0.25) is 9.59 Å². The highest BCUT2D eigenvalue weighted by atomic mass is 35.5. The molecular formula is C22H22ClN3O2S. The Bertz CT molecular complexity index is 1060. The molecule has 29 heavy (non-hydrogen) atoms. The maximum Gasteiger partial charge on any atom is 0.266 e. The third-order valence-corrected chi connectivity index (χ3v) is 6.13. The first kappa shape index (κ1) is 21.0. The van der Waals surface area contributed by atoms with E-state index in [1.54, 1.807) is 26.1 Å². The number of carbonyl (C=O) groups is 2. The van der Waals surface area contributed by atoms with E-state index in [9.17, 15) is 9.59 Å². The summed E-state index contributed by atoms with van der Waals surface area (Å²) < 4.78 is 0. The number of benzene rings is 2. The van der Waals surface area contributed by atoms with Crippen molar-refractivity contribution in [3.8, 4) is 10.6 Å². The average molecular weight is 428 g/mol. The fourth-order valence-corrected chi connectivity index (χ4v) is 4.04. The summed E-state index contributed by atoms with van der Waals surface area (Å²) in [6.07, 6.45) is 0. The number of hydrogen-bond acceptors (Lipinski definition) is 4. The van der Waals surface area contributed by atoms with E-state index in [0.29, 0.717) is 15.6 Å². The molecule has 1 N–H and O–H groups in total. The second-order valence-corrected chi connectivity index (χ2v) is 8.33. The minimum absolute atomic E-state index is 0.0418. The predicted octanol–water partition coefficient (Wildman–Crippen LogP) is 5.10. The molecule has 0 saturated carbocycles. The van der Waals surface area contributed by atoms with Gasteiger partial charge in [0.15, 0.2) is 0 Å². The Morgan fingerprint density at radius 1 is 1.10 bits per heavy atom. The number of likely N-dealkylation sites (N-methyl/N-ethyl adjacent to an activating group) is 1. The number of nitrogens with zero attached hydrogens (tertiary/aromatic N) is 2. The lowest BCUT2D eigenvalue weighted by Crippen LogP contribution is -2.35. The van der Waals surface area contributed by atoms with E-state index in [1.165, 1.54) is 16.2 Å². The molecule has 0 aliphatic carbocycles. The summed E-state index contributed by atoms with van der Waals surface area (Å²) in [5.74, 6) is -0.467. The maximum absolute atomic E-state index is 12.9. The number of carbonyl (C=O) groups excluding carboxylic acids is 2. The van der Waals surface area contributed by atoms with Crippen LogP contribution in [0, 0.1) is 20.8 Å². The van der Waals surface area contributed by atoms with E-state index < -0.39 is 0 Å². The van der Waals surface area contributed by atoms with Gasteiger partial charge in [0.1, 0.15) is 9.88 Å². The predicted molar refractivity (Wildman–Crippen MR) is 119 cm³/mol. The van der Waals surface area contributed by atoms with Crippen molar-refractivity contribution in [1.82, 2.24) is 9.88 Å². The van der Waals surface area contributed by atoms with Crippen LogP contribution in [0.25, 0.3) is 10.6 Å². The van der Waals surface area contributed by atoms with E-state index in [4.69, 9.17) is 11.6 Å². The minimum Gasteiger partial charge on any atom is -0.332 e. The van der Waals surface area contributed by atoms with Crippen LogP contribution in [0.2, 0.25) is 5.02 Å². The van der Waals surface area contributed by atoms with Crippen LogP contribution < -0.4 is 5.32 Å². The second kappa shape index (κ2) is 8.76. The van der Waals surface area contributed by atoms with Crippen molar-refractivity contribution in [2.45, 2.75) is 20.8 Å². The first-order chi connectivity index (χ1) is 13.8. The molecular weight excluding hydrogens is 406 g/mol. The minimum atomic E-state index is -0.241. The maximum atomic E-state index is 12.9. The molecule has 0 spiro atoms. The molecule has 0 fully saturated rings. The van der Waals surface area contributed by atoms with E-state index in [0.717, 1.165) is 27.4 Å². The normalized spacial score (nSPS) is 10.7. The molecule has 0 bridgehead atoms. The molecule has 3 rings (SSSR count). The summed E-state index contributed by atoms with van der Waals surface area (Å²) in [5.41, 5.74) is 4.42. The number of halogens is 1. The van der Waals surface area contributed by atoms with Crippen molar-refractivity contribution in [2.24, 2.45) is 0 Å². The Labute approximate surface area is 179 Å². The quantitative estimate of drug-likeness (QED) is 0.616. The molecule has 1 heterocycles. The highest BCUT2D eigenvalue weighted by Crippen LogP contribution is 2.29. The van der Waals surface area contributed by atoms with E-state index in [1.807, 2.05) is 44.2 Å². The molecule has 0 aliphatic heterocycles. The number of hydrogen-bond donors (Lipinski definition) is 1. The van der Waals surface area contributed by atoms with Gasteiger partial charge < -0.3 is 10.2 Å². The van der Waals surface area contributed by atoms with Crippen LogP contribution in [0.5, 0.6) is 0 Å². The highest BCUT2D eigenvalue weighted by molar-refractivity contribution is 7.17. The van der Waals surface area contributed by atoms with Gasteiger partial charge in [0.25, 0.3) is 5.91 Å². The fraction of sp³-hybridized carbons (Fsp3) is 0.227. The van der Waals surface area contributed by atoms with Crippen molar-refractivity contribution in [3.05, 3.63) is 69.2 Å². The topological polar surface area (TPSA) is 62.3 Å². The smallest absolute Gasteiger partial charge is 0.266 e. The second-order valence-electron chi connectivity index (χ2n) is 6.90. The van der Waals surface area contributed by atoms with Crippen LogP contribution in [0.15, 0.2) is 42.5 Å². The fourth-order valence-electron chi connectivity index (χ4n) is 2.85. The Balaban J connectivity index is 1.70. The van der Waals surface area contributed by atoms with Gasteiger partial charge in [0.05, 0.1) is 12.2 Å². The first-order valence-corrected chi connectivity index (χ1v) is 10.3.